The van der Waals surface area contributed by atoms with Crippen LogP contribution in [-0.4, -0.2) is 29.2 Å². The Morgan fingerprint density at radius 1 is 1.33 bits per heavy atom. The van der Waals surface area contributed by atoms with E-state index in [0.29, 0.717) is 12.8 Å². The zero-order valence-corrected chi connectivity index (χ0v) is 12.7. The van der Waals surface area contributed by atoms with Crippen LogP contribution in [0.1, 0.15) is 32.8 Å². The third-order valence-corrected chi connectivity index (χ3v) is 2.71. The second-order valence-electron chi connectivity index (χ2n) is 5.88. The largest absolute Gasteiger partial charge is 0.444 e. The van der Waals surface area contributed by atoms with Crippen LogP contribution in [0, 0.1) is 10.1 Å². The molecule has 6 heteroatoms. The molecule has 21 heavy (non-hydrogen) atoms. The van der Waals surface area contributed by atoms with E-state index in [-0.39, 0.29) is 6.54 Å². The number of benzene rings is 1. The molecule has 0 bridgehead atoms. The van der Waals surface area contributed by atoms with Gasteiger partial charge in [0.05, 0.1) is 6.04 Å². The minimum Gasteiger partial charge on any atom is -0.444 e. The molecule has 0 spiro atoms. The van der Waals surface area contributed by atoms with Crippen LogP contribution < -0.4 is 5.32 Å². The van der Waals surface area contributed by atoms with Crippen molar-refractivity contribution in [3.63, 3.8) is 0 Å². The van der Waals surface area contributed by atoms with Gasteiger partial charge in [-0.05, 0) is 39.2 Å². The van der Waals surface area contributed by atoms with Gasteiger partial charge in [-0.15, -0.1) is 0 Å². The maximum atomic E-state index is 11.7. The third kappa shape index (κ3) is 7.91. The number of ether oxygens (including phenoxy) is 1. The molecule has 0 radical (unpaired) electrons. The molecule has 0 unspecified atom stereocenters. The molecule has 6 nitrogen and oxygen atoms in total. The Hall–Kier alpha value is -2.11. The molecule has 1 rings (SSSR count). The lowest BCUT2D eigenvalue weighted by Gasteiger charge is -2.22. The van der Waals surface area contributed by atoms with Gasteiger partial charge in [-0.3, -0.25) is 10.1 Å². The summed E-state index contributed by atoms with van der Waals surface area (Å²) >= 11 is 0. The lowest BCUT2D eigenvalue weighted by molar-refractivity contribution is -0.483. The molecule has 1 aromatic rings. The van der Waals surface area contributed by atoms with Crippen LogP contribution >= 0.6 is 0 Å². The van der Waals surface area contributed by atoms with Gasteiger partial charge in [0.25, 0.3) is 0 Å². The Morgan fingerprint density at radius 2 is 1.95 bits per heavy atom. The van der Waals surface area contributed by atoms with Gasteiger partial charge in [0.2, 0.25) is 6.54 Å². The molecular formula is C15H22N2O4. The number of nitro groups is 1. The molecule has 1 aromatic carbocycles. The second-order valence-corrected chi connectivity index (χ2v) is 5.88. The van der Waals surface area contributed by atoms with Crippen molar-refractivity contribution in [1.82, 2.24) is 5.32 Å². The Balaban J connectivity index is 2.55. The maximum Gasteiger partial charge on any atom is 0.408 e. The fraction of sp³-hybridized carbons (Fsp3) is 0.533. The predicted molar refractivity (Wildman–Crippen MR) is 79.8 cm³/mol. The fourth-order valence-electron chi connectivity index (χ4n) is 1.85. The van der Waals surface area contributed by atoms with Crippen molar-refractivity contribution < 1.29 is 14.5 Å². The van der Waals surface area contributed by atoms with Crippen molar-refractivity contribution >= 4 is 6.09 Å². The molecule has 1 atom stereocenters. The summed E-state index contributed by atoms with van der Waals surface area (Å²) in [5.74, 6) is 0. The van der Waals surface area contributed by atoms with Crippen molar-refractivity contribution in [1.29, 1.82) is 0 Å². The third-order valence-electron chi connectivity index (χ3n) is 2.71. The number of carbonyl (C=O) groups is 1. The van der Waals surface area contributed by atoms with E-state index in [2.05, 4.69) is 5.32 Å². The summed E-state index contributed by atoms with van der Waals surface area (Å²) in [6, 6.07) is 9.11. The Labute approximate surface area is 124 Å². The maximum absolute atomic E-state index is 11.7. The highest BCUT2D eigenvalue weighted by Crippen LogP contribution is 2.09. The molecule has 0 aromatic heterocycles. The van der Waals surface area contributed by atoms with Crippen LogP contribution in [-0.2, 0) is 11.2 Å². The highest BCUT2D eigenvalue weighted by molar-refractivity contribution is 5.68. The van der Waals surface area contributed by atoms with E-state index < -0.39 is 22.7 Å². The smallest absolute Gasteiger partial charge is 0.408 e. The van der Waals surface area contributed by atoms with E-state index in [4.69, 9.17) is 4.74 Å². The molecule has 0 fully saturated rings. The first-order valence-corrected chi connectivity index (χ1v) is 6.91. The van der Waals surface area contributed by atoms with Gasteiger partial charge in [-0.1, -0.05) is 30.3 Å². The lowest BCUT2D eigenvalue weighted by Crippen LogP contribution is -2.42. The minimum atomic E-state index is -0.623. The summed E-state index contributed by atoms with van der Waals surface area (Å²) in [4.78, 5) is 22.0. The number of nitrogens with zero attached hydrogens (tertiary/aromatic N) is 1. The Kier molecular flexibility index (Phi) is 6.14. The molecule has 0 aliphatic rings. The van der Waals surface area contributed by atoms with Gasteiger partial charge >= 0.3 is 6.09 Å². The van der Waals surface area contributed by atoms with E-state index in [1.54, 1.807) is 20.8 Å². The van der Waals surface area contributed by atoms with Gasteiger partial charge in [-0.25, -0.2) is 4.79 Å². The summed E-state index contributed by atoms with van der Waals surface area (Å²) in [6.07, 6.45) is 0.529. The van der Waals surface area contributed by atoms with Crippen molar-refractivity contribution in [2.45, 2.75) is 45.3 Å². The number of carbonyl (C=O) groups excluding carboxylic acids is 1. The number of hydrogen-bond donors (Lipinski definition) is 1. The number of amides is 1. The summed E-state index contributed by atoms with van der Waals surface area (Å²) in [5, 5.41) is 13.3. The molecule has 0 saturated carbocycles. The molecule has 0 saturated heterocycles. The zero-order chi connectivity index (χ0) is 15.9. The lowest BCUT2D eigenvalue weighted by atomic mass is 10.1. The molecule has 1 N–H and O–H groups in total. The Bertz CT molecular complexity index is 468. The minimum absolute atomic E-state index is 0.313. The average molecular weight is 294 g/mol. The summed E-state index contributed by atoms with van der Waals surface area (Å²) in [7, 11) is 0. The molecule has 0 aliphatic heterocycles. The average Bonchev–Trinajstić information content (AvgIpc) is 2.34. The molecular weight excluding hydrogens is 272 g/mol. The first-order valence-electron chi connectivity index (χ1n) is 6.91. The number of alkyl carbamates (subject to hydrolysis) is 1. The van der Waals surface area contributed by atoms with E-state index in [1.165, 1.54) is 0 Å². The van der Waals surface area contributed by atoms with Crippen LogP contribution in [0.25, 0.3) is 0 Å². The van der Waals surface area contributed by atoms with Crippen LogP contribution in [0.2, 0.25) is 0 Å². The molecule has 0 aliphatic carbocycles. The van der Waals surface area contributed by atoms with Crippen molar-refractivity contribution in [3.05, 3.63) is 46.0 Å². The first-order chi connectivity index (χ1) is 9.76. The summed E-state index contributed by atoms with van der Waals surface area (Å²) in [5.41, 5.74) is 0.458. The normalized spacial score (nSPS) is 12.5. The molecule has 1 amide bonds. The van der Waals surface area contributed by atoms with E-state index in [9.17, 15) is 14.9 Å². The van der Waals surface area contributed by atoms with Gasteiger partial charge in [0.15, 0.2) is 0 Å². The number of aryl methyl sites for hydroxylation is 1. The standard InChI is InChI=1S/C15H22N2O4/c1-15(2,3)21-14(18)16-13(11-17(19)20)10-9-12-7-5-4-6-8-12/h4-8,13H,9-11H2,1-3H3,(H,16,18)/t13-/m0/s1. The van der Waals surface area contributed by atoms with Crippen molar-refractivity contribution in [2.75, 3.05) is 6.54 Å². The van der Waals surface area contributed by atoms with Crippen LogP contribution in [0.5, 0.6) is 0 Å². The first kappa shape index (κ1) is 16.9. The van der Waals surface area contributed by atoms with Gasteiger partial charge in [-0.2, -0.15) is 0 Å². The number of hydrogen-bond acceptors (Lipinski definition) is 4. The highest BCUT2D eigenvalue weighted by atomic mass is 16.6. The quantitative estimate of drug-likeness (QED) is 0.646. The zero-order valence-electron chi connectivity index (χ0n) is 12.7. The van der Waals surface area contributed by atoms with Gasteiger partial charge in [0, 0.05) is 4.92 Å². The van der Waals surface area contributed by atoms with Crippen molar-refractivity contribution in [3.8, 4) is 0 Å². The SMILES string of the molecule is CC(C)(C)OC(=O)N[C@@H](CCc1ccccc1)C[N+](=O)[O-]. The number of nitrogens with one attached hydrogen (secondary N) is 1. The summed E-state index contributed by atoms with van der Waals surface area (Å²) < 4.78 is 5.13. The van der Waals surface area contributed by atoms with Crippen molar-refractivity contribution in [2.24, 2.45) is 0 Å². The molecule has 116 valence electrons. The molecule has 0 heterocycles. The predicted octanol–water partition coefficient (Wildman–Crippen LogP) is 2.79. The fourth-order valence-corrected chi connectivity index (χ4v) is 1.85. The monoisotopic (exact) mass is 294 g/mol. The van der Waals surface area contributed by atoms with Crippen LogP contribution in [0.3, 0.4) is 0 Å². The van der Waals surface area contributed by atoms with E-state index in [1.807, 2.05) is 30.3 Å². The number of rotatable bonds is 6. The highest BCUT2D eigenvalue weighted by Gasteiger charge is 2.22. The van der Waals surface area contributed by atoms with E-state index >= 15 is 0 Å². The summed E-state index contributed by atoms with van der Waals surface area (Å²) in [6.45, 7) is 4.93. The van der Waals surface area contributed by atoms with Crippen LogP contribution in [0.4, 0.5) is 4.79 Å². The Morgan fingerprint density at radius 3 is 2.48 bits per heavy atom. The van der Waals surface area contributed by atoms with Gasteiger partial charge in [0.1, 0.15) is 5.60 Å². The topological polar surface area (TPSA) is 81.5 Å². The van der Waals surface area contributed by atoms with Gasteiger partial charge < -0.3 is 10.1 Å². The van der Waals surface area contributed by atoms with E-state index in [0.717, 1.165) is 5.56 Å². The van der Waals surface area contributed by atoms with Crippen LogP contribution in [0.15, 0.2) is 30.3 Å². The second kappa shape index (κ2) is 7.61.